The summed E-state index contributed by atoms with van der Waals surface area (Å²) in [6, 6.07) is 12.2. The average molecular weight is 261 g/mol. The van der Waals surface area contributed by atoms with Crippen molar-refractivity contribution in [3.8, 4) is 0 Å². The van der Waals surface area contributed by atoms with Gasteiger partial charge in [0, 0.05) is 22.0 Å². The standard InChI is InChI=1S/C14H13ClN2O/c1-9-12(3-2-4-13(9)16)14(18)17-11-7-5-10(15)6-8-11/h2-8H,16H2,1H3,(H,17,18). The summed E-state index contributed by atoms with van der Waals surface area (Å²) in [7, 11) is 0. The Labute approximate surface area is 111 Å². The summed E-state index contributed by atoms with van der Waals surface area (Å²) >= 11 is 5.78. The van der Waals surface area contributed by atoms with Crippen molar-refractivity contribution < 1.29 is 4.79 Å². The summed E-state index contributed by atoms with van der Waals surface area (Å²) in [5, 5.41) is 3.43. The minimum absolute atomic E-state index is 0.179. The van der Waals surface area contributed by atoms with Crippen molar-refractivity contribution in [1.29, 1.82) is 0 Å². The van der Waals surface area contributed by atoms with E-state index in [1.165, 1.54) is 0 Å². The molecule has 0 bridgehead atoms. The minimum atomic E-state index is -0.179. The van der Waals surface area contributed by atoms with Crippen LogP contribution in [0.1, 0.15) is 15.9 Å². The smallest absolute Gasteiger partial charge is 0.256 e. The Morgan fingerprint density at radius 1 is 1.17 bits per heavy atom. The van der Waals surface area contributed by atoms with E-state index < -0.39 is 0 Å². The molecule has 1 amide bonds. The zero-order valence-electron chi connectivity index (χ0n) is 9.91. The molecule has 0 saturated heterocycles. The molecule has 3 nitrogen and oxygen atoms in total. The van der Waals surface area contributed by atoms with Crippen molar-refractivity contribution in [2.24, 2.45) is 0 Å². The molecule has 18 heavy (non-hydrogen) atoms. The molecule has 0 aliphatic carbocycles. The van der Waals surface area contributed by atoms with Crippen molar-refractivity contribution in [3.63, 3.8) is 0 Å². The Hall–Kier alpha value is -2.00. The molecule has 0 atom stereocenters. The van der Waals surface area contributed by atoms with Crippen molar-refractivity contribution in [3.05, 3.63) is 58.6 Å². The van der Waals surface area contributed by atoms with Crippen molar-refractivity contribution in [1.82, 2.24) is 0 Å². The summed E-state index contributed by atoms with van der Waals surface area (Å²) in [6.45, 7) is 1.83. The maximum atomic E-state index is 12.1. The van der Waals surface area contributed by atoms with Gasteiger partial charge in [-0.2, -0.15) is 0 Å². The van der Waals surface area contributed by atoms with Gasteiger partial charge >= 0.3 is 0 Å². The molecule has 0 aliphatic heterocycles. The van der Waals surface area contributed by atoms with Crippen LogP contribution in [0.3, 0.4) is 0 Å². The maximum absolute atomic E-state index is 12.1. The fraction of sp³-hybridized carbons (Fsp3) is 0.0714. The fourth-order valence-electron chi connectivity index (χ4n) is 1.63. The van der Waals surface area contributed by atoms with Crippen LogP contribution >= 0.6 is 11.6 Å². The van der Waals surface area contributed by atoms with Gasteiger partial charge in [0.25, 0.3) is 5.91 Å². The topological polar surface area (TPSA) is 55.1 Å². The van der Waals surface area contributed by atoms with Gasteiger partial charge < -0.3 is 11.1 Å². The summed E-state index contributed by atoms with van der Waals surface area (Å²) in [5.74, 6) is -0.179. The van der Waals surface area contributed by atoms with E-state index in [1.54, 1.807) is 42.5 Å². The van der Waals surface area contributed by atoms with Gasteiger partial charge in [0.05, 0.1) is 0 Å². The number of carbonyl (C=O) groups excluding carboxylic acids is 1. The molecular formula is C14H13ClN2O. The first-order valence-corrected chi connectivity index (χ1v) is 5.88. The van der Waals surface area contributed by atoms with Crippen molar-refractivity contribution >= 4 is 28.9 Å². The highest BCUT2D eigenvalue weighted by Gasteiger charge is 2.10. The monoisotopic (exact) mass is 260 g/mol. The van der Waals surface area contributed by atoms with Crippen molar-refractivity contribution in [2.45, 2.75) is 6.92 Å². The van der Waals surface area contributed by atoms with E-state index in [0.717, 1.165) is 5.56 Å². The second kappa shape index (κ2) is 5.10. The number of nitrogens with two attached hydrogens (primary N) is 1. The van der Waals surface area contributed by atoms with Crippen LogP contribution in [-0.2, 0) is 0 Å². The zero-order chi connectivity index (χ0) is 13.1. The highest BCUT2D eigenvalue weighted by molar-refractivity contribution is 6.30. The van der Waals surface area contributed by atoms with Gasteiger partial charge in [-0.25, -0.2) is 0 Å². The third-order valence-corrected chi connectivity index (χ3v) is 2.97. The van der Waals surface area contributed by atoms with E-state index in [-0.39, 0.29) is 5.91 Å². The number of amides is 1. The molecule has 0 radical (unpaired) electrons. The van der Waals surface area contributed by atoms with Crippen LogP contribution < -0.4 is 11.1 Å². The van der Waals surface area contributed by atoms with Gasteiger partial charge in [-0.1, -0.05) is 17.7 Å². The van der Waals surface area contributed by atoms with Crippen molar-refractivity contribution in [2.75, 3.05) is 11.1 Å². The first kappa shape index (κ1) is 12.5. The van der Waals surface area contributed by atoms with E-state index in [0.29, 0.717) is 22.0 Å². The number of carbonyl (C=O) groups is 1. The molecule has 92 valence electrons. The minimum Gasteiger partial charge on any atom is -0.398 e. The molecule has 3 N–H and O–H groups in total. The molecule has 0 unspecified atom stereocenters. The molecule has 2 rings (SSSR count). The Balaban J connectivity index is 2.22. The number of benzene rings is 2. The van der Waals surface area contributed by atoms with Gasteiger partial charge in [0.2, 0.25) is 0 Å². The van der Waals surface area contributed by atoms with E-state index >= 15 is 0 Å². The molecular weight excluding hydrogens is 248 g/mol. The molecule has 2 aromatic carbocycles. The second-order valence-electron chi connectivity index (χ2n) is 3.98. The molecule has 0 aliphatic rings. The lowest BCUT2D eigenvalue weighted by Crippen LogP contribution is -2.14. The van der Waals surface area contributed by atoms with Gasteiger partial charge in [0.1, 0.15) is 0 Å². The summed E-state index contributed by atoms with van der Waals surface area (Å²) in [5.41, 5.74) is 8.44. The van der Waals surface area contributed by atoms with Crippen LogP contribution in [0.15, 0.2) is 42.5 Å². The zero-order valence-corrected chi connectivity index (χ0v) is 10.7. The predicted molar refractivity (Wildman–Crippen MR) is 75.0 cm³/mol. The number of hydrogen-bond acceptors (Lipinski definition) is 2. The molecule has 4 heteroatoms. The third-order valence-electron chi connectivity index (χ3n) is 2.72. The predicted octanol–water partition coefficient (Wildman–Crippen LogP) is 3.48. The quantitative estimate of drug-likeness (QED) is 0.812. The Kier molecular flexibility index (Phi) is 3.53. The van der Waals surface area contributed by atoms with Crippen LogP contribution in [-0.4, -0.2) is 5.91 Å². The molecule has 0 spiro atoms. The van der Waals surface area contributed by atoms with Gasteiger partial charge in [-0.05, 0) is 48.9 Å². The lowest BCUT2D eigenvalue weighted by Gasteiger charge is -2.09. The summed E-state index contributed by atoms with van der Waals surface area (Å²) in [4.78, 5) is 12.1. The number of rotatable bonds is 2. The average Bonchev–Trinajstić information content (AvgIpc) is 2.35. The number of hydrogen-bond donors (Lipinski definition) is 2. The summed E-state index contributed by atoms with van der Waals surface area (Å²) < 4.78 is 0. The van der Waals surface area contributed by atoms with E-state index in [1.807, 2.05) is 6.92 Å². The van der Waals surface area contributed by atoms with E-state index in [2.05, 4.69) is 5.32 Å². The Bertz CT molecular complexity index is 579. The van der Waals surface area contributed by atoms with Gasteiger partial charge in [0.15, 0.2) is 0 Å². The lowest BCUT2D eigenvalue weighted by atomic mass is 10.1. The van der Waals surface area contributed by atoms with Gasteiger partial charge in [-0.3, -0.25) is 4.79 Å². The number of anilines is 2. The van der Waals surface area contributed by atoms with Gasteiger partial charge in [-0.15, -0.1) is 0 Å². The maximum Gasteiger partial charge on any atom is 0.256 e. The Morgan fingerprint density at radius 3 is 2.50 bits per heavy atom. The molecule has 0 heterocycles. The van der Waals surface area contributed by atoms with E-state index in [4.69, 9.17) is 17.3 Å². The largest absolute Gasteiger partial charge is 0.398 e. The van der Waals surface area contributed by atoms with E-state index in [9.17, 15) is 4.79 Å². The SMILES string of the molecule is Cc1c(N)cccc1C(=O)Nc1ccc(Cl)cc1. The van der Waals surface area contributed by atoms with Crippen LogP contribution in [0.2, 0.25) is 5.02 Å². The first-order chi connectivity index (χ1) is 8.58. The molecule has 0 fully saturated rings. The first-order valence-electron chi connectivity index (χ1n) is 5.50. The highest BCUT2D eigenvalue weighted by atomic mass is 35.5. The number of nitrogen functional groups attached to an aromatic ring is 1. The second-order valence-corrected chi connectivity index (χ2v) is 4.42. The number of nitrogens with one attached hydrogen (secondary N) is 1. The fourth-order valence-corrected chi connectivity index (χ4v) is 1.76. The Morgan fingerprint density at radius 2 is 1.83 bits per heavy atom. The van der Waals surface area contributed by atoms with Crippen LogP contribution in [0.4, 0.5) is 11.4 Å². The number of halogens is 1. The van der Waals surface area contributed by atoms with Crippen LogP contribution in [0, 0.1) is 6.92 Å². The molecule has 0 saturated carbocycles. The molecule has 0 aromatic heterocycles. The lowest BCUT2D eigenvalue weighted by molar-refractivity contribution is 0.102. The molecule has 2 aromatic rings. The normalized spacial score (nSPS) is 10.1. The summed E-state index contributed by atoms with van der Waals surface area (Å²) in [6.07, 6.45) is 0. The third kappa shape index (κ3) is 2.63. The van der Waals surface area contributed by atoms with Crippen LogP contribution in [0.5, 0.6) is 0 Å². The van der Waals surface area contributed by atoms with Crippen LogP contribution in [0.25, 0.3) is 0 Å². The highest BCUT2D eigenvalue weighted by Crippen LogP contribution is 2.18.